The fourth-order valence-corrected chi connectivity index (χ4v) is 3.42. The first-order valence-electron chi connectivity index (χ1n) is 8.45. The highest BCUT2D eigenvalue weighted by atomic mass is 35.5. The number of nitrogens with zero attached hydrogens (tertiary/aromatic N) is 4. The average molecular weight is 404 g/mol. The summed E-state index contributed by atoms with van der Waals surface area (Å²) in [6, 6.07) is 6.87. The second-order valence-corrected chi connectivity index (χ2v) is 6.63. The highest BCUT2D eigenvalue weighted by Crippen LogP contribution is 2.27. The van der Waals surface area contributed by atoms with E-state index in [1.165, 1.54) is 12.1 Å². The molecule has 1 saturated heterocycles. The first-order chi connectivity index (χ1) is 11.7. The maximum absolute atomic E-state index is 13.4. The van der Waals surface area contributed by atoms with Gasteiger partial charge in [-0.1, -0.05) is 17.3 Å². The summed E-state index contributed by atoms with van der Waals surface area (Å²) in [7, 11) is 0. The first kappa shape index (κ1) is 21.1. The molecule has 1 fully saturated rings. The van der Waals surface area contributed by atoms with Gasteiger partial charge in [-0.05, 0) is 30.5 Å². The molecule has 2 aliphatic rings. The third-order valence-electron chi connectivity index (χ3n) is 4.90. The fraction of sp³-hybridized carbons (Fsp3) is 0.529. The van der Waals surface area contributed by atoms with E-state index in [0.29, 0.717) is 19.2 Å². The molecule has 9 heteroatoms. The lowest BCUT2D eigenvalue weighted by molar-refractivity contribution is -0.00231. The summed E-state index contributed by atoms with van der Waals surface area (Å²) >= 11 is 0. The molecule has 4 rings (SSSR count). The molecular formula is C17H24Cl2FN5O. The molecule has 0 aliphatic carbocycles. The molecule has 1 aromatic carbocycles. The van der Waals surface area contributed by atoms with Gasteiger partial charge in [-0.15, -0.1) is 29.9 Å². The zero-order valence-corrected chi connectivity index (χ0v) is 16.0. The number of likely N-dealkylation sites (tertiary alicyclic amines) is 1. The second-order valence-electron chi connectivity index (χ2n) is 6.63. The summed E-state index contributed by atoms with van der Waals surface area (Å²) in [4.78, 5) is 2.37. The van der Waals surface area contributed by atoms with Gasteiger partial charge in [0.1, 0.15) is 17.6 Å². The lowest BCUT2D eigenvalue weighted by atomic mass is 10.1. The zero-order chi connectivity index (χ0) is 16.5. The summed E-state index contributed by atoms with van der Waals surface area (Å²) in [6.45, 7) is 3.81. The van der Waals surface area contributed by atoms with Crippen molar-refractivity contribution in [2.24, 2.45) is 5.73 Å². The number of rotatable bonds is 3. The molecular weight excluding hydrogens is 380 g/mol. The number of benzene rings is 1. The zero-order valence-electron chi connectivity index (χ0n) is 14.4. The van der Waals surface area contributed by atoms with E-state index in [1.807, 2.05) is 10.7 Å². The highest BCUT2D eigenvalue weighted by Gasteiger charge is 2.26. The number of halogens is 3. The monoisotopic (exact) mass is 403 g/mol. The summed E-state index contributed by atoms with van der Waals surface area (Å²) in [5.41, 5.74) is 8.79. The van der Waals surface area contributed by atoms with Crippen LogP contribution in [0.3, 0.4) is 0 Å². The smallest absolute Gasteiger partial charge is 0.123 e. The highest BCUT2D eigenvalue weighted by molar-refractivity contribution is 5.85. The molecule has 1 unspecified atom stereocenters. The summed E-state index contributed by atoms with van der Waals surface area (Å²) in [5, 5.41) is 8.62. The largest absolute Gasteiger partial charge is 0.365 e. The predicted molar refractivity (Wildman–Crippen MR) is 101 cm³/mol. The van der Waals surface area contributed by atoms with Crippen molar-refractivity contribution < 1.29 is 9.13 Å². The normalized spacial score (nSPS) is 20.8. The third kappa shape index (κ3) is 4.53. The molecule has 1 atom stereocenters. The quantitative estimate of drug-likeness (QED) is 0.851. The Morgan fingerprint density at radius 1 is 1.23 bits per heavy atom. The van der Waals surface area contributed by atoms with Crippen LogP contribution in [0.1, 0.15) is 35.9 Å². The van der Waals surface area contributed by atoms with Crippen LogP contribution in [-0.2, 0) is 24.4 Å². The fourth-order valence-electron chi connectivity index (χ4n) is 3.42. The molecule has 0 saturated carbocycles. The Labute approximate surface area is 164 Å². The second kappa shape index (κ2) is 9.10. The Bertz CT molecular complexity index is 721. The van der Waals surface area contributed by atoms with E-state index < -0.39 is 0 Å². The van der Waals surface area contributed by atoms with Gasteiger partial charge in [0.2, 0.25) is 0 Å². The molecule has 144 valence electrons. The van der Waals surface area contributed by atoms with Crippen molar-refractivity contribution in [3.8, 4) is 0 Å². The van der Waals surface area contributed by atoms with Crippen LogP contribution in [0.15, 0.2) is 24.3 Å². The van der Waals surface area contributed by atoms with Crippen LogP contribution < -0.4 is 5.73 Å². The van der Waals surface area contributed by atoms with E-state index in [0.717, 1.165) is 49.4 Å². The molecule has 2 N–H and O–H groups in total. The van der Waals surface area contributed by atoms with Gasteiger partial charge in [0.25, 0.3) is 0 Å². The van der Waals surface area contributed by atoms with E-state index in [1.54, 1.807) is 6.07 Å². The molecule has 0 bridgehead atoms. The van der Waals surface area contributed by atoms with Crippen molar-refractivity contribution in [3.63, 3.8) is 0 Å². The number of aromatic nitrogens is 3. The van der Waals surface area contributed by atoms with Crippen LogP contribution in [0, 0.1) is 5.82 Å². The molecule has 2 aliphatic heterocycles. The number of hydrogen-bond donors (Lipinski definition) is 1. The van der Waals surface area contributed by atoms with Crippen molar-refractivity contribution in [1.82, 2.24) is 19.9 Å². The van der Waals surface area contributed by atoms with E-state index >= 15 is 0 Å². The Morgan fingerprint density at radius 2 is 2.00 bits per heavy atom. The third-order valence-corrected chi connectivity index (χ3v) is 4.90. The van der Waals surface area contributed by atoms with Crippen LogP contribution in [0.25, 0.3) is 0 Å². The Balaban J connectivity index is 0.00000121. The summed E-state index contributed by atoms with van der Waals surface area (Å²) in [6.07, 6.45) is 1.87. The number of ether oxygens (including phenoxy) is 1. The molecule has 0 amide bonds. The minimum Gasteiger partial charge on any atom is -0.365 e. The Hall–Kier alpha value is -1.25. The van der Waals surface area contributed by atoms with Gasteiger partial charge in [-0.25, -0.2) is 9.07 Å². The number of piperidine rings is 1. The number of nitrogens with two attached hydrogens (primary N) is 1. The van der Waals surface area contributed by atoms with Gasteiger partial charge in [0.05, 0.1) is 18.8 Å². The van der Waals surface area contributed by atoms with Crippen molar-refractivity contribution >= 4 is 24.8 Å². The van der Waals surface area contributed by atoms with E-state index in [2.05, 4.69) is 15.2 Å². The molecule has 26 heavy (non-hydrogen) atoms. The topological polar surface area (TPSA) is 69.2 Å². The Morgan fingerprint density at radius 3 is 2.73 bits per heavy atom. The minimum atomic E-state index is -0.246. The van der Waals surface area contributed by atoms with Crippen LogP contribution in [0.2, 0.25) is 0 Å². The van der Waals surface area contributed by atoms with Crippen molar-refractivity contribution in [3.05, 3.63) is 47.0 Å². The molecule has 1 aromatic heterocycles. The van der Waals surface area contributed by atoms with Crippen LogP contribution >= 0.6 is 24.8 Å². The van der Waals surface area contributed by atoms with Gasteiger partial charge in [0.15, 0.2) is 0 Å². The maximum Gasteiger partial charge on any atom is 0.123 e. The molecule has 6 nitrogen and oxygen atoms in total. The van der Waals surface area contributed by atoms with Crippen LogP contribution in [0.4, 0.5) is 4.39 Å². The predicted octanol–water partition coefficient (Wildman–Crippen LogP) is 2.46. The van der Waals surface area contributed by atoms with E-state index in [4.69, 9.17) is 10.5 Å². The van der Waals surface area contributed by atoms with Gasteiger partial charge >= 0.3 is 0 Å². The average Bonchev–Trinajstić information content (AvgIpc) is 2.99. The van der Waals surface area contributed by atoms with Crippen molar-refractivity contribution in [1.29, 1.82) is 0 Å². The van der Waals surface area contributed by atoms with Gasteiger partial charge in [-0.2, -0.15) is 0 Å². The SMILES string of the molecule is Cl.Cl.NC1CCN(Cc2nnn3c2COC(c2cccc(F)c2)C3)CC1. The van der Waals surface area contributed by atoms with Crippen LogP contribution in [-0.4, -0.2) is 39.0 Å². The molecule has 0 radical (unpaired) electrons. The van der Waals surface area contributed by atoms with Gasteiger partial charge in [0, 0.05) is 25.7 Å². The van der Waals surface area contributed by atoms with Crippen LogP contribution in [0.5, 0.6) is 0 Å². The molecule has 0 spiro atoms. The summed E-state index contributed by atoms with van der Waals surface area (Å²) in [5.74, 6) is -0.246. The van der Waals surface area contributed by atoms with Gasteiger partial charge < -0.3 is 10.5 Å². The lowest BCUT2D eigenvalue weighted by Crippen LogP contribution is -2.39. The van der Waals surface area contributed by atoms with Crippen molar-refractivity contribution in [2.75, 3.05) is 13.1 Å². The first-order valence-corrected chi connectivity index (χ1v) is 8.45. The Kier molecular flexibility index (Phi) is 7.37. The lowest BCUT2D eigenvalue weighted by Gasteiger charge is -2.30. The summed E-state index contributed by atoms with van der Waals surface area (Å²) < 4.78 is 21.2. The molecule has 3 heterocycles. The number of fused-ring (bicyclic) bond motifs is 1. The standard InChI is InChI=1S/C17H22FN5O.2ClH/c18-13-3-1-2-12(8-13)17-10-23-16(11-24-17)15(20-21-23)9-22-6-4-14(19)5-7-22;;/h1-3,8,14,17H,4-7,9-11,19H2;2*1H. The minimum absolute atomic E-state index is 0. The number of hydrogen-bond acceptors (Lipinski definition) is 5. The molecule has 2 aromatic rings. The van der Waals surface area contributed by atoms with Crippen molar-refractivity contribution in [2.45, 2.75) is 44.7 Å². The van der Waals surface area contributed by atoms with Gasteiger partial charge in [-0.3, -0.25) is 4.90 Å². The maximum atomic E-state index is 13.4. The van der Waals surface area contributed by atoms with E-state index in [-0.39, 0.29) is 36.7 Å². The van der Waals surface area contributed by atoms with E-state index in [9.17, 15) is 4.39 Å².